The molecular formula is C27H32ClF3N4Si. The zero-order chi connectivity index (χ0) is 26.0. The van der Waals surface area contributed by atoms with Crippen LogP contribution in [-0.4, -0.2) is 30.5 Å². The van der Waals surface area contributed by atoms with E-state index in [0.29, 0.717) is 40.6 Å². The van der Waals surface area contributed by atoms with Crippen molar-refractivity contribution < 1.29 is 13.2 Å². The van der Waals surface area contributed by atoms with E-state index in [-0.39, 0.29) is 12.1 Å². The van der Waals surface area contributed by atoms with E-state index in [9.17, 15) is 13.2 Å². The highest BCUT2D eigenvalue weighted by atomic mass is 35.5. The fourth-order valence-corrected chi connectivity index (χ4v) is 13.3. The van der Waals surface area contributed by atoms with Gasteiger partial charge in [-0.25, -0.2) is 4.98 Å². The summed E-state index contributed by atoms with van der Waals surface area (Å²) >= 11 is 6.08. The van der Waals surface area contributed by atoms with Crippen molar-refractivity contribution in [1.29, 1.82) is 0 Å². The quantitative estimate of drug-likeness (QED) is 0.339. The van der Waals surface area contributed by atoms with Crippen molar-refractivity contribution in [1.82, 2.24) is 9.22 Å². The molecule has 0 bridgehead atoms. The van der Waals surface area contributed by atoms with Crippen molar-refractivity contribution in [3.63, 3.8) is 0 Å². The van der Waals surface area contributed by atoms with Gasteiger partial charge in [0.25, 0.3) is 0 Å². The largest absolute Gasteiger partial charge is 0.416 e. The number of rotatable bonds is 5. The number of pyridine rings is 1. The molecule has 192 valence electrons. The maximum Gasteiger partial charge on any atom is 0.416 e. The van der Waals surface area contributed by atoms with E-state index >= 15 is 0 Å². The Morgan fingerprint density at radius 2 is 1.83 bits per heavy atom. The lowest BCUT2D eigenvalue weighted by molar-refractivity contribution is -0.138. The van der Waals surface area contributed by atoms with Crippen LogP contribution in [0.25, 0.3) is 11.1 Å². The highest BCUT2D eigenvalue weighted by molar-refractivity contribution is 6.84. The Hall–Kier alpha value is -2.45. The summed E-state index contributed by atoms with van der Waals surface area (Å²) in [5.74, 6) is 0.691. The number of nitrogens with one attached hydrogen (secondary N) is 1. The second kappa shape index (κ2) is 8.84. The Morgan fingerprint density at radius 3 is 2.50 bits per heavy atom. The van der Waals surface area contributed by atoms with Gasteiger partial charge in [0.2, 0.25) is 0 Å². The van der Waals surface area contributed by atoms with Crippen LogP contribution in [-0.2, 0) is 12.7 Å². The fraction of sp³-hybridized carbons (Fsp3) is 0.444. The molecule has 0 radical (unpaired) electrons. The first-order valence-corrected chi connectivity index (χ1v) is 15.1. The summed E-state index contributed by atoms with van der Waals surface area (Å²) in [6, 6.07) is 8.10. The average Bonchev–Trinajstić information content (AvgIpc) is 3.19. The standard InChI is InChI=1S/C27H32ClF3N4Si/c1-16(2)36(17(3)4)18(5)24-12-20(15-35(24)36)19-11-25-26(33-13-19)32-8-9-34(25)14-21-10-22(28)6-7-23(21)27(29,30)31/h6-7,10-13,15-18H,8-9,14H2,1-5H3,(H,32,33). The van der Waals surface area contributed by atoms with Crippen molar-refractivity contribution >= 4 is 31.3 Å². The zero-order valence-electron chi connectivity index (χ0n) is 21.2. The summed E-state index contributed by atoms with van der Waals surface area (Å²) in [6.45, 7) is 13.0. The Bertz CT molecular complexity index is 1290. The molecule has 2 aliphatic heterocycles. The average molecular weight is 533 g/mol. The Labute approximate surface area is 216 Å². The molecule has 0 saturated carbocycles. The molecule has 1 unspecified atom stereocenters. The number of hydrogen-bond donors (Lipinski definition) is 1. The molecule has 0 saturated heterocycles. The molecule has 5 rings (SSSR count). The van der Waals surface area contributed by atoms with Crippen LogP contribution in [0.5, 0.6) is 0 Å². The molecule has 3 aromatic rings. The summed E-state index contributed by atoms with van der Waals surface area (Å²) in [5, 5.41) is 3.59. The predicted octanol–water partition coefficient (Wildman–Crippen LogP) is 7.92. The zero-order valence-corrected chi connectivity index (χ0v) is 23.0. The number of fused-ring (bicyclic) bond motifs is 2. The van der Waals surface area contributed by atoms with Crippen molar-refractivity contribution in [3.8, 4) is 11.1 Å². The molecule has 0 fully saturated rings. The summed E-state index contributed by atoms with van der Waals surface area (Å²) in [5.41, 5.74) is 5.63. The van der Waals surface area contributed by atoms with Gasteiger partial charge in [-0.3, -0.25) is 0 Å². The molecule has 1 aromatic carbocycles. The number of aromatic nitrogens is 2. The molecule has 1 N–H and O–H groups in total. The molecule has 0 amide bonds. The van der Waals surface area contributed by atoms with Crippen molar-refractivity contribution in [2.24, 2.45) is 0 Å². The van der Waals surface area contributed by atoms with Crippen LogP contribution < -0.4 is 10.2 Å². The van der Waals surface area contributed by atoms with Gasteiger partial charge >= 0.3 is 6.18 Å². The molecule has 0 spiro atoms. The molecule has 2 aliphatic rings. The first-order valence-electron chi connectivity index (χ1n) is 12.5. The van der Waals surface area contributed by atoms with Gasteiger partial charge in [-0.2, -0.15) is 13.2 Å². The second-order valence-corrected chi connectivity index (χ2v) is 16.5. The van der Waals surface area contributed by atoms with Gasteiger partial charge in [-0.1, -0.05) is 46.2 Å². The fourth-order valence-electron chi connectivity index (χ4n) is 6.67. The van der Waals surface area contributed by atoms with Gasteiger partial charge in [0.1, 0.15) is 5.82 Å². The summed E-state index contributed by atoms with van der Waals surface area (Å²) in [7, 11) is -1.70. The first kappa shape index (κ1) is 25.2. The molecule has 36 heavy (non-hydrogen) atoms. The Balaban J connectivity index is 1.51. The topological polar surface area (TPSA) is 33.1 Å². The van der Waals surface area contributed by atoms with Gasteiger partial charge in [-0.05, 0) is 47.0 Å². The number of benzene rings is 1. The van der Waals surface area contributed by atoms with Crippen LogP contribution in [0.1, 0.15) is 57.0 Å². The summed E-state index contributed by atoms with van der Waals surface area (Å²) in [4.78, 5) is 6.63. The van der Waals surface area contributed by atoms with E-state index in [1.54, 1.807) is 0 Å². The highest BCUT2D eigenvalue weighted by Crippen LogP contribution is 2.53. The van der Waals surface area contributed by atoms with Crippen molar-refractivity contribution in [3.05, 3.63) is 64.6 Å². The lowest BCUT2D eigenvalue weighted by Gasteiger charge is -2.54. The Morgan fingerprint density at radius 1 is 1.11 bits per heavy atom. The summed E-state index contributed by atoms with van der Waals surface area (Å²) in [6.07, 6.45) is -0.293. The molecule has 9 heteroatoms. The van der Waals surface area contributed by atoms with Gasteiger partial charge in [0, 0.05) is 59.4 Å². The molecule has 0 aliphatic carbocycles. The smallest absolute Gasteiger partial charge is 0.376 e. The number of anilines is 2. The molecule has 4 nitrogen and oxygen atoms in total. The predicted molar refractivity (Wildman–Crippen MR) is 143 cm³/mol. The maximum absolute atomic E-state index is 13.7. The van der Waals surface area contributed by atoms with Crippen LogP contribution in [0.3, 0.4) is 0 Å². The number of hydrogen-bond acceptors (Lipinski definition) is 3. The molecule has 2 aromatic heterocycles. The van der Waals surface area contributed by atoms with Crippen LogP contribution >= 0.6 is 11.6 Å². The van der Waals surface area contributed by atoms with E-state index in [2.05, 4.69) is 67.5 Å². The minimum atomic E-state index is -4.44. The van der Waals surface area contributed by atoms with E-state index in [4.69, 9.17) is 11.6 Å². The van der Waals surface area contributed by atoms with Crippen LogP contribution in [0.4, 0.5) is 24.7 Å². The third-order valence-corrected chi connectivity index (χ3v) is 15.0. The van der Waals surface area contributed by atoms with Gasteiger partial charge in [-0.15, -0.1) is 0 Å². The highest BCUT2D eigenvalue weighted by Gasteiger charge is 2.56. The van der Waals surface area contributed by atoms with E-state index < -0.39 is 20.0 Å². The minimum Gasteiger partial charge on any atom is -0.376 e. The third kappa shape index (κ3) is 3.84. The van der Waals surface area contributed by atoms with Crippen molar-refractivity contribution in [2.45, 2.75) is 64.0 Å². The normalized spacial score (nSPS) is 18.6. The van der Waals surface area contributed by atoms with Crippen LogP contribution in [0.2, 0.25) is 16.1 Å². The first-order chi connectivity index (χ1) is 16.9. The van der Waals surface area contributed by atoms with E-state index in [1.807, 2.05) is 11.1 Å². The SMILES string of the molecule is CC(C)[Si]1(C(C)C)C(C)c2cc(-c3cnc4c(c3)N(Cc3cc(Cl)ccc3C(F)(F)F)CCN4)cn21. The van der Waals surface area contributed by atoms with Crippen LogP contribution in [0.15, 0.2) is 42.7 Å². The molecular weight excluding hydrogens is 501 g/mol. The maximum atomic E-state index is 13.7. The number of halogens is 4. The summed E-state index contributed by atoms with van der Waals surface area (Å²) < 4.78 is 43.6. The monoisotopic (exact) mass is 532 g/mol. The number of alkyl halides is 3. The Kier molecular flexibility index (Phi) is 6.19. The number of nitrogens with zero attached hydrogens (tertiary/aromatic N) is 3. The van der Waals surface area contributed by atoms with Gasteiger partial charge < -0.3 is 14.4 Å². The van der Waals surface area contributed by atoms with E-state index in [1.165, 1.54) is 17.8 Å². The second-order valence-electron chi connectivity index (χ2n) is 10.7. The lowest BCUT2D eigenvalue weighted by atomic mass is 10.0. The molecule has 4 heterocycles. The third-order valence-electron chi connectivity index (χ3n) is 8.20. The lowest BCUT2D eigenvalue weighted by Crippen LogP contribution is -2.62. The van der Waals surface area contributed by atoms with Gasteiger partial charge in [0.15, 0.2) is 8.24 Å². The minimum absolute atomic E-state index is 0.106. The van der Waals surface area contributed by atoms with Crippen LogP contribution in [0, 0.1) is 0 Å². The van der Waals surface area contributed by atoms with Crippen molar-refractivity contribution in [2.75, 3.05) is 23.3 Å². The van der Waals surface area contributed by atoms with E-state index in [0.717, 1.165) is 22.9 Å². The molecule has 1 atom stereocenters. The van der Waals surface area contributed by atoms with Gasteiger partial charge in [0.05, 0.1) is 11.3 Å².